The number of nitrogens with zero attached hydrogens (tertiary/aromatic N) is 5. The molecule has 15 atom stereocenters. The highest BCUT2D eigenvalue weighted by atomic mass is 32.2. The van der Waals surface area contributed by atoms with Crippen LogP contribution in [0.5, 0.6) is 11.5 Å². The number of aliphatic hydroxyl groups excluding tert-OH is 2. The van der Waals surface area contributed by atoms with Crippen LogP contribution in [-0.2, 0) is 115 Å². The molecular formula is C94H114F3N17O21S. The molecule has 19 N–H and O–H groups in total. The van der Waals surface area contributed by atoms with Gasteiger partial charge in [0.2, 0.25) is 88.6 Å². The molecule has 728 valence electrons. The standard InChI is InChI=1S/C94H114F3N17O21S/c1-7-8-23-72-93(134)114-47-60(118)41-75(114)89(130)105-67(42-79(121)122)85(126)109-81(50(2)3)94(135)111(5)73(37-51-17-11-9-12-18-51)87(128)106-69(35-54-26-30-58(116)31-27-54)91(132)113-46-59(117)40-74(113)88(129)104-66(39-56-44-100-64-22-16-15-21-61(56)64)84(125)103-65(34-53-24-28-57(115)29-25-53)83(124)107-70(43-98)86(127)108-71(82(123)101-45-77(99)119)48-136-49-78(120)102-68(36-55-32-62(95)80(97)63(96)33-55)90(131)112(6)76(92(133)110(72)4)38-52-19-13-10-14-20-52/h9-22,24-33,44,50,59-60,65-76,81,100,115-118H,7-8,23,34-43,45-49,98H2,1-6H3,(H2,99,119)(H,101,123)(H,102,120)(H,103,125)(H,104,129)(H,105,130)(H,106,128)(H,107,124)(H,108,127)(H,109,126)(H,121,122)/t59-,60-,65+,66+,67+,68+,69+,70+,71+,72+,73+,74+,75-,76+,81+/m1/s1. The Balaban J connectivity index is 1.06. The molecule has 4 heterocycles. The number of carbonyl (C=O) groups is 16. The van der Waals surface area contributed by atoms with Crippen molar-refractivity contribution >= 4 is 117 Å². The van der Waals surface area contributed by atoms with Gasteiger partial charge in [-0.1, -0.05) is 137 Å². The number of aromatic amines is 1. The Kier molecular flexibility index (Phi) is 36.9. The number of phenolic OH excluding ortho intramolecular Hbond substituents is 2. The molecule has 3 saturated heterocycles. The third-order valence-corrected chi connectivity index (χ3v) is 25.0. The molecule has 15 amide bonds. The average molecular weight is 1910 g/mol. The molecule has 6 aromatic carbocycles. The highest BCUT2D eigenvalue weighted by molar-refractivity contribution is 8.00. The first kappa shape index (κ1) is 104. The number of hydrogen-bond donors (Lipinski definition) is 17. The Morgan fingerprint density at radius 3 is 1.51 bits per heavy atom. The first-order valence-electron chi connectivity index (χ1n) is 44.3. The molecule has 0 bridgehead atoms. The number of amides is 15. The van der Waals surface area contributed by atoms with E-state index < -0.39 is 290 Å². The van der Waals surface area contributed by atoms with Gasteiger partial charge in [0, 0.05) is 115 Å². The van der Waals surface area contributed by atoms with Gasteiger partial charge in [-0.3, -0.25) is 76.7 Å². The number of likely N-dealkylation sites (N-methyl/N-ethyl adjacent to an activating group) is 3. The summed E-state index contributed by atoms with van der Waals surface area (Å²) in [5.74, 6) is -25.7. The lowest BCUT2D eigenvalue weighted by atomic mass is 9.98. The maximum absolute atomic E-state index is 15.8. The van der Waals surface area contributed by atoms with Gasteiger partial charge in [-0.25, -0.2) is 13.2 Å². The Morgan fingerprint density at radius 1 is 0.500 bits per heavy atom. The minimum Gasteiger partial charge on any atom is -0.508 e. The van der Waals surface area contributed by atoms with Gasteiger partial charge < -0.3 is 114 Å². The van der Waals surface area contributed by atoms with Gasteiger partial charge in [0.05, 0.1) is 30.9 Å². The average Bonchev–Trinajstić information content (AvgIpc) is 1.49. The van der Waals surface area contributed by atoms with Crippen molar-refractivity contribution in [1.29, 1.82) is 0 Å². The van der Waals surface area contributed by atoms with Crippen LogP contribution in [0.4, 0.5) is 13.2 Å². The van der Waals surface area contributed by atoms with Crippen LogP contribution in [0.3, 0.4) is 0 Å². The number of benzene rings is 6. The van der Waals surface area contributed by atoms with Crippen molar-refractivity contribution in [3.63, 3.8) is 0 Å². The summed E-state index contributed by atoms with van der Waals surface area (Å²) < 4.78 is 45.0. The molecule has 3 aliphatic rings. The molecule has 0 radical (unpaired) electrons. The summed E-state index contributed by atoms with van der Waals surface area (Å²) in [5, 5.41) is 77.7. The molecule has 38 nitrogen and oxygen atoms in total. The molecule has 42 heteroatoms. The minimum absolute atomic E-state index is 0.146. The fraction of sp³-hybridized carbons (Fsp3) is 0.426. The van der Waals surface area contributed by atoms with E-state index in [9.17, 15) is 63.5 Å². The number of carbonyl (C=O) groups excluding carboxylic acids is 15. The number of phenols is 2. The molecular weight excluding hydrogens is 1790 g/mol. The number of hydrogen-bond acceptors (Lipinski definition) is 22. The summed E-state index contributed by atoms with van der Waals surface area (Å²) in [6.07, 6.45) is -5.68. The largest absolute Gasteiger partial charge is 0.508 e. The van der Waals surface area contributed by atoms with Gasteiger partial charge in [-0.05, 0) is 88.2 Å². The van der Waals surface area contributed by atoms with E-state index in [1.807, 2.05) is 0 Å². The van der Waals surface area contributed by atoms with Crippen molar-refractivity contribution in [3.05, 3.63) is 203 Å². The van der Waals surface area contributed by atoms with Crippen molar-refractivity contribution < 1.29 is 115 Å². The topological polar surface area (TPSA) is 567 Å². The van der Waals surface area contributed by atoms with Crippen molar-refractivity contribution in [3.8, 4) is 11.5 Å². The van der Waals surface area contributed by atoms with Crippen LogP contribution in [0.2, 0.25) is 0 Å². The Labute approximate surface area is 785 Å². The monoisotopic (exact) mass is 1910 g/mol. The number of aliphatic carboxylic acids is 1. The molecule has 0 saturated carbocycles. The quantitative estimate of drug-likeness (QED) is 0.0386. The number of unbranched alkanes of at least 4 members (excludes halogenated alkanes) is 1. The lowest BCUT2D eigenvalue weighted by Crippen LogP contribution is -2.62. The number of primary amides is 1. The number of rotatable bonds is 22. The number of aromatic nitrogens is 1. The van der Waals surface area contributed by atoms with Crippen LogP contribution in [0.1, 0.15) is 92.7 Å². The smallest absolute Gasteiger partial charge is 0.305 e. The number of para-hydroxylation sites is 1. The molecule has 136 heavy (non-hydrogen) atoms. The number of carboxylic acids is 1. The maximum Gasteiger partial charge on any atom is 0.305 e. The number of nitrogens with one attached hydrogen (secondary N) is 10. The summed E-state index contributed by atoms with van der Waals surface area (Å²) in [6.45, 7) is 2.09. The number of thioether (sulfide) groups is 1. The third-order valence-electron chi connectivity index (χ3n) is 24.0. The number of fused-ring (bicyclic) bond motifs is 3. The van der Waals surface area contributed by atoms with E-state index in [-0.39, 0.29) is 43.6 Å². The number of nitrogens with two attached hydrogens (primary N) is 2. The van der Waals surface area contributed by atoms with E-state index in [0.717, 1.165) is 31.5 Å². The SMILES string of the molecule is CCCC[C@H]1C(=O)N2C[C@H](O)C[C@@H]2C(=O)N[C@@H](CC(=O)O)C(=O)N[C@@H](C(C)C)C(=O)N(C)[C@@H](Cc2ccccc2)C(=O)N[C@@H](Cc2ccc(O)cc2)C(=O)N2C[C@H](O)C[C@H]2C(=O)N[C@@H](Cc2c[nH]c3ccccc23)C(=O)N[C@@H](Cc2ccc(O)cc2)C(=O)N[C@@H](CN)C(=O)N[C@H](C(=O)NCC(N)=O)CSCC(=O)N[C@@H](Cc2cc(F)c(F)c(F)c2)C(=O)N(C)[C@@H](Cc2ccccc2)C(=O)N1C. The number of halogens is 3. The number of aromatic hydroxyl groups is 2. The van der Waals surface area contributed by atoms with E-state index >= 15 is 51.9 Å². The van der Waals surface area contributed by atoms with Crippen molar-refractivity contribution in [2.45, 2.75) is 189 Å². The zero-order valence-electron chi connectivity index (χ0n) is 75.6. The zero-order valence-corrected chi connectivity index (χ0v) is 76.4. The molecule has 7 aromatic rings. The van der Waals surface area contributed by atoms with Crippen LogP contribution < -0.4 is 59.3 Å². The van der Waals surface area contributed by atoms with Crippen LogP contribution in [0.25, 0.3) is 10.9 Å². The van der Waals surface area contributed by atoms with Gasteiger partial charge in [-0.2, -0.15) is 0 Å². The Hall–Kier alpha value is -14.0. The first-order valence-corrected chi connectivity index (χ1v) is 45.4. The summed E-state index contributed by atoms with van der Waals surface area (Å²) in [7, 11) is 3.59. The number of H-pyrrole nitrogens is 1. The van der Waals surface area contributed by atoms with Gasteiger partial charge in [0.1, 0.15) is 90.0 Å². The molecule has 0 aliphatic carbocycles. The zero-order chi connectivity index (χ0) is 99.1. The van der Waals surface area contributed by atoms with Crippen molar-refractivity contribution in [2.24, 2.45) is 17.4 Å². The second kappa shape index (κ2) is 48.3. The van der Waals surface area contributed by atoms with Crippen LogP contribution >= 0.6 is 11.8 Å². The molecule has 10 rings (SSSR count). The fourth-order valence-corrected chi connectivity index (χ4v) is 17.4. The van der Waals surface area contributed by atoms with Crippen LogP contribution in [0, 0.1) is 23.4 Å². The lowest BCUT2D eigenvalue weighted by Gasteiger charge is -2.38. The molecule has 3 aliphatic heterocycles. The molecule has 0 spiro atoms. The van der Waals surface area contributed by atoms with Gasteiger partial charge in [0.15, 0.2) is 17.5 Å². The second-order valence-electron chi connectivity index (χ2n) is 34.3. The van der Waals surface area contributed by atoms with E-state index in [1.165, 1.54) is 76.5 Å². The molecule has 1 aromatic heterocycles. The fourth-order valence-electron chi connectivity index (χ4n) is 16.5. The van der Waals surface area contributed by atoms with Crippen LogP contribution in [0.15, 0.2) is 152 Å². The van der Waals surface area contributed by atoms with Crippen molar-refractivity contribution in [1.82, 2.24) is 77.3 Å². The first-order chi connectivity index (χ1) is 64.7. The van der Waals surface area contributed by atoms with Crippen LogP contribution in [-0.4, -0.2) is 299 Å². The van der Waals surface area contributed by atoms with E-state index in [2.05, 4.69) is 52.8 Å². The third kappa shape index (κ3) is 27.9. The van der Waals surface area contributed by atoms with E-state index in [0.29, 0.717) is 69.0 Å². The number of carboxylic acid groups (broad SMARTS) is 1. The van der Waals surface area contributed by atoms with Gasteiger partial charge in [0.25, 0.3) is 0 Å². The Morgan fingerprint density at radius 2 is 0.963 bits per heavy atom. The minimum atomic E-state index is -2.06. The summed E-state index contributed by atoms with van der Waals surface area (Å²) in [6, 6.07) is 12.5. The van der Waals surface area contributed by atoms with E-state index in [4.69, 9.17) is 11.5 Å². The predicted octanol–water partition coefficient (Wildman–Crippen LogP) is -0.337. The highest BCUT2D eigenvalue weighted by Gasteiger charge is 2.48. The maximum atomic E-state index is 15.8. The van der Waals surface area contributed by atoms with Gasteiger partial charge >= 0.3 is 5.97 Å². The number of aliphatic hydroxyl groups is 2. The molecule has 3 fully saturated rings. The van der Waals surface area contributed by atoms with Crippen molar-refractivity contribution in [2.75, 3.05) is 58.8 Å². The summed E-state index contributed by atoms with van der Waals surface area (Å²) in [4.78, 5) is 246. The molecule has 0 unspecified atom stereocenters. The highest BCUT2D eigenvalue weighted by Crippen LogP contribution is 2.29. The second-order valence-corrected chi connectivity index (χ2v) is 35.4. The normalized spacial score (nSPS) is 24.4. The van der Waals surface area contributed by atoms with Gasteiger partial charge in [-0.15, -0.1) is 11.8 Å². The van der Waals surface area contributed by atoms with E-state index in [1.54, 1.807) is 98.0 Å². The summed E-state index contributed by atoms with van der Waals surface area (Å²) >= 11 is 0.612. The Bertz CT molecular complexity index is 5470. The lowest BCUT2D eigenvalue weighted by molar-refractivity contribution is -0.152. The predicted molar refractivity (Wildman–Crippen MR) is 489 cm³/mol. The summed E-state index contributed by atoms with van der Waals surface area (Å²) in [5.41, 5.74) is 13.7.